The quantitative estimate of drug-likeness (QED) is 0.137. The lowest BCUT2D eigenvalue weighted by atomic mass is 9.94. The molecule has 0 N–H and O–H groups in total. The Morgan fingerprint density at radius 1 is 0.287 bits per heavy atom. The number of nitriles is 1. The molecule has 5 aromatic heterocycles. The van der Waals surface area contributed by atoms with Gasteiger partial charge < -0.3 is 9.13 Å². The van der Waals surface area contributed by atoms with Crippen molar-refractivity contribution in [2.45, 2.75) is 27.7 Å². The number of benzene rings is 9. The number of hydrogen-bond donors (Lipinski definition) is 0. The van der Waals surface area contributed by atoms with Gasteiger partial charge in [-0.2, -0.15) is 5.26 Å². The zero-order chi connectivity index (χ0) is 54.0. The van der Waals surface area contributed by atoms with Crippen molar-refractivity contribution in [3.63, 3.8) is 0 Å². The number of aryl methyl sites for hydroxylation is 4. The molecule has 0 aliphatic rings. The molecule has 5 heterocycles. The van der Waals surface area contributed by atoms with Crippen molar-refractivity contribution in [2.75, 3.05) is 0 Å². The minimum atomic E-state index is 0.533. The first kappa shape index (κ1) is 47.5. The van der Waals surface area contributed by atoms with Gasteiger partial charge in [0.2, 0.25) is 0 Å². The molecule has 12 heteroatoms. The van der Waals surface area contributed by atoms with Gasteiger partial charge in [-0.05, 0) is 130 Å². The van der Waals surface area contributed by atoms with Gasteiger partial charge in [0.05, 0.1) is 45.1 Å². The smallest absolute Gasteiger partial charge is 0.164 e. The molecule has 0 aliphatic carbocycles. The molecule has 0 radical (unpaired) electrons. The van der Waals surface area contributed by atoms with Crippen LogP contribution in [-0.4, -0.2) is 54.0 Å². The van der Waals surface area contributed by atoms with E-state index in [1.807, 2.05) is 107 Å². The van der Waals surface area contributed by atoms with E-state index >= 15 is 0 Å². The molecule has 14 rings (SSSR count). The largest absolute Gasteiger partial charge is 0.309 e. The molecule has 378 valence electrons. The van der Waals surface area contributed by atoms with Crippen LogP contribution in [0, 0.1) is 39.0 Å². The first-order valence-electron chi connectivity index (χ1n) is 26.3. The molecule has 0 spiro atoms. The van der Waals surface area contributed by atoms with Crippen LogP contribution >= 0.6 is 0 Å². The van der Waals surface area contributed by atoms with E-state index in [2.05, 4.69) is 153 Å². The Kier molecular flexibility index (Phi) is 11.5. The average Bonchev–Trinajstić information content (AvgIpc) is 4.16. The minimum Gasteiger partial charge on any atom is -0.309 e. The normalized spacial score (nSPS) is 11.5. The standard InChI is InChI=1S/C68H46N12/c1-40-70-41(2)73-66(72-40)50-28-32-62-56(37-50)52-22-11-13-24-58(52)79(62)60-30-26-48(35-54(60)47-21-15-16-44(34-47)39-69)55-36-49(68-77-64(45-17-7-5-8-18-45)76-65(78-68)46-19-9-6-10-20-46)27-31-61(55)80-59-25-14-12-23-53(59)57-38-51(29-33-63(57)80)67-74-42(3)71-43(4)75-67/h5-38H,1-4H3. The van der Waals surface area contributed by atoms with E-state index in [0.29, 0.717) is 58.0 Å². The van der Waals surface area contributed by atoms with Gasteiger partial charge in [0.1, 0.15) is 23.3 Å². The van der Waals surface area contributed by atoms with Crippen LogP contribution in [-0.2, 0) is 0 Å². The van der Waals surface area contributed by atoms with E-state index < -0.39 is 0 Å². The Bertz CT molecular complexity index is 4740. The van der Waals surface area contributed by atoms with Gasteiger partial charge >= 0.3 is 0 Å². The molecule has 0 saturated heterocycles. The fourth-order valence-electron chi connectivity index (χ4n) is 11.2. The number of fused-ring (bicyclic) bond motifs is 6. The van der Waals surface area contributed by atoms with Crippen LogP contribution in [0.4, 0.5) is 0 Å². The maximum atomic E-state index is 10.4. The van der Waals surface area contributed by atoms with E-state index in [9.17, 15) is 5.26 Å². The van der Waals surface area contributed by atoms with E-state index in [1.165, 1.54) is 0 Å². The molecule has 12 nitrogen and oxygen atoms in total. The summed E-state index contributed by atoms with van der Waals surface area (Å²) in [7, 11) is 0. The fraction of sp³-hybridized carbons (Fsp3) is 0.0588. The maximum Gasteiger partial charge on any atom is 0.164 e. The Morgan fingerprint density at radius 2 is 0.650 bits per heavy atom. The van der Waals surface area contributed by atoms with E-state index in [0.717, 1.165) is 105 Å². The number of para-hydroxylation sites is 2. The fourth-order valence-corrected chi connectivity index (χ4v) is 11.2. The lowest BCUT2D eigenvalue weighted by Gasteiger charge is -2.19. The Labute approximate surface area is 460 Å². The summed E-state index contributed by atoms with van der Waals surface area (Å²) in [5.74, 6) is 5.62. The summed E-state index contributed by atoms with van der Waals surface area (Å²) in [6, 6.07) is 73.4. The summed E-state index contributed by atoms with van der Waals surface area (Å²) in [4.78, 5) is 43.3. The third-order valence-corrected chi connectivity index (χ3v) is 14.6. The summed E-state index contributed by atoms with van der Waals surface area (Å²) in [5, 5.41) is 14.7. The van der Waals surface area contributed by atoms with E-state index in [4.69, 9.17) is 34.9 Å². The van der Waals surface area contributed by atoms with Crippen molar-refractivity contribution in [1.82, 2.24) is 54.0 Å². The molecule has 80 heavy (non-hydrogen) atoms. The van der Waals surface area contributed by atoms with Gasteiger partial charge in [0, 0.05) is 60.5 Å². The first-order chi connectivity index (χ1) is 39.2. The van der Waals surface area contributed by atoms with Crippen molar-refractivity contribution >= 4 is 43.6 Å². The summed E-state index contributed by atoms with van der Waals surface area (Å²) < 4.78 is 4.68. The Morgan fingerprint density at radius 3 is 1.14 bits per heavy atom. The molecule has 0 fully saturated rings. The highest BCUT2D eigenvalue weighted by atomic mass is 15.1. The monoisotopic (exact) mass is 1030 g/mol. The number of nitrogens with zero attached hydrogens (tertiary/aromatic N) is 12. The molecule has 0 atom stereocenters. The summed E-state index contributed by atoms with van der Waals surface area (Å²) >= 11 is 0. The third-order valence-electron chi connectivity index (χ3n) is 14.6. The topological polar surface area (TPSA) is 150 Å². The third kappa shape index (κ3) is 8.37. The predicted octanol–water partition coefficient (Wildman–Crippen LogP) is 15.2. The van der Waals surface area contributed by atoms with Gasteiger partial charge in [0.25, 0.3) is 0 Å². The van der Waals surface area contributed by atoms with Crippen LogP contribution in [0.3, 0.4) is 0 Å². The van der Waals surface area contributed by atoms with Gasteiger partial charge in [-0.1, -0.05) is 115 Å². The zero-order valence-corrected chi connectivity index (χ0v) is 44.0. The molecular weight excluding hydrogens is 985 g/mol. The lowest BCUT2D eigenvalue weighted by molar-refractivity contribution is 0.928. The van der Waals surface area contributed by atoms with Crippen molar-refractivity contribution in [3.05, 3.63) is 235 Å². The molecule has 0 saturated carbocycles. The highest BCUT2D eigenvalue weighted by molar-refractivity contribution is 6.12. The van der Waals surface area contributed by atoms with Crippen LogP contribution in [0.15, 0.2) is 206 Å². The van der Waals surface area contributed by atoms with Crippen molar-refractivity contribution in [1.29, 1.82) is 5.26 Å². The van der Waals surface area contributed by atoms with Crippen LogP contribution in [0.2, 0.25) is 0 Å². The minimum absolute atomic E-state index is 0.533. The molecule has 0 unspecified atom stereocenters. The summed E-state index contributed by atoms with van der Waals surface area (Å²) in [5.41, 5.74) is 14.6. The second-order valence-corrected chi connectivity index (χ2v) is 19.9. The molecule has 0 bridgehead atoms. The highest BCUT2D eigenvalue weighted by Crippen LogP contribution is 2.43. The van der Waals surface area contributed by atoms with Crippen molar-refractivity contribution < 1.29 is 0 Å². The lowest BCUT2D eigenvalue weighted by Crippen LogP contribution is -2.03. The molecule has 14 aromatic rings. The number of hydrogen-bond acceptors (Lipinski definition) is 10. The summed E-state index contributed by atoms with van der Waals surface area (Å²) in [6.07, 6.45) is 0. The molecule has 0 aliphatic heterocycles. The predicted molar refractivity (Wildman–Crippen MR) is 317 cm³/mol. The Hall–Kier alpha value is -10.9. The molecule has 0 amide bonds. The second kappa shape index (κ2) is 19.3. The van der Waals surface area contributed by atoms with Crippen LogP contribution in [0.25, 0.3) is 134 Å². The van der Waals surface area contributed by atoms with Gasteiger partial charge in [-0.25, -0.2) is 44.9 Å². The van der Waals surface area contributed by atoms with Crippen molar-refractivity contribution in [2.24, 2.45) is 0 Å². The van der Waals surface area contributed by atoms with Crippen LogP contribution < -0.4 is 0 Å². The second-order valence-electron chi connectivity index (χ2n) is 19.9. The van der Waals surface area contributed by atoms with Crippen LogP contribution in [0.5, 0.6) is 0 Å². The van der Waals surface area contributed by atoms with Gasteiger partial charge in [0.15, 0.2) is 29.1 Å². The molecule has 9 aromatic carbocycles. The van der Waals surface area contributed by atoms with E-state index in [1.54, 1.807) is 0 Å². The van der Waals surface area contributed by atoms with Crippen molar-refractivity contribution in [3.8, 4) is 96.6 Å². The molecular formula is C68H46N12. The van der Waals surface area contributed by atoms with Crippen LogP contribution in [0.1, 0.15) is 28.9 Å². The van der Waals surface area contributed by atoms with E-state index in [-0.39, 0.29) is 0 Å². The average molecular weight is 1030 g/mol. The maximum absolute atomic E-state index is 10.4. The first-order valence-corrected chi connectivity index (χ1v) is 26.3. The Balaban J connectivity index is 1.04. The number of aromatic nitrogens is 11. The SMILES string of the molecule is Cc1nc(C)nc(-c2ccc3c(c2)c2ccccc2n3-c2ccc(-c3nc(-c4ccccc4)nc(-c4ccccc4)n3)cc2-c2ccc(-n3c4ccccc4c4cc(-c5nc(C)nc(C)n5)ccc43)c(-c3cccc(C#N)c3)c2)n1. The highest BCUT2D eigenvalue weighted by Gasteiger charge is 2.23. The summed E-state index contributed by atoms with van der Waals surface area (Å²) in [6.45, 7) is 7.58. The zero-order valence-electron chi connectivity index (χ0n) is 44.0. The van der Waals surface area contributed by atoms with Gasteiger partial charge in [-0.15, -0.1) is 0 Å². The number of rotatable bonds is 9. The van der Waals surface area contributed by atoms with Gasteiger partial charge in [-0.3, -0.25) is 0 Å².